The Morgan fingerprint density at radius 3 is 2.72 bits per heavy atom. The molecule has 2 aromatic heterocycles. The lowest BCUT2D eigenvalue weighted by molar-refractivity contribution is 0.0903. The lowest BCUT2D eigenvalue weighted by Gasteiger charge is -2.04. The number of ketones is 1. The molecule has 1 N–H and O–H groups in total. The van der Waals surface area contributed by atoms with Gasteiger partial charge < -0.3 is 5.32 Å². The number of benzene rings is 1. The third kappa shape index (κ3) is 3.43. The number of imidazole rings is 1. The van der Waals surface area contributed by atoms with Crippen LogP contribution in [0.5, 0.6) is 0 Å². The molecule has 1 amide bonds. The minimum Gasteiger partial charge on any atom is -0.345 e. The molecule has 0 aliphatic heterocycles. The van der Waals surface area contributed by atoms with E-state index >= 15 is 0 Å². The maximum absolute atomic E-state index is 12.3. The Balaban J connectivity index is 1.78. The highest BCUT2D eigenvalue weighted by Crippen LogP contribution is 2.05. The molecule has 1 aromatic carbocycles. The van der Waals surface area contributed by atoms with Gasteiger partial charge in [-0.1, -0.05) is 23.4 Å². The topological polar surface area (TPSA) is 111 Å². The van der Waals surface area contributed by atoms with Crippen LogP contribution < -0.4 is 11.0 Å². The SMILES string of the molecule is CSCn1nnc2c(C(=O)CNC(=O)c3ccccc3)ncn2c1=O. The van der Waals surface area contributed by atoms with Crippen LogP contribution in [0.3, 0.4) is 0 Å². The minimum absolute atomic E-state index is 0.00531. The molecule has 9 nitrogen and oxygen atoms in total. The van der Waals surface area contributed by atoms with Crippen LogP contribution in [-0.2, 0) is 5.88 Å². The fourth-order valence-corrected chi connectivity index (χ4v) is 2.58. The number of Topliss-reactive ketones (excluding diaryl/α,β-unsaturated/α-hetero) is 1. The Morgan fingerprint density at radius 1 is 1.24 bits per heavy atom. The second-order valence-electron chi connectivity index (χ2n) is 5.05. The van der Waals surface area contributed by atoms with Crippen LogP contribution in [0, 0.1) is 0 Å². The van der Waals surface area contributed by atoms with E-state index in [1.54, 1.807) is 30.3 Å². The number of carbonyl (C=O) groups excluding carboxylic acids is 2. The third-order valence-corrected chi connectivity index (χ3v) is 3.88. The molecule has 25 heavy (non-hydrogen) atoms. The summed E-state index contributed by atoms with van der Waals surface area (Å²) in [5.41, 5.74) is 0.0829. The number of carbonyl (C=O) groups is 2. The number of hydrogen-bond donors (Lipinski definition) is 1. The summed E-state index contributed by atoms with van der Waals surface area (Å²) in [6, 6.07) is 8.54. The van der Waals surface area contributed by atoms with Crippen molar-refractivity contribution in [2.45, 2.75) is 5.88 Å². The normalized spacial score (nSPS) is 10.8. The van der Waals surface area contributed by atoms with Gasteiger partial charge in [-0.2, -0.15) is 4.68 Å². The molecule has 0 saturated heterocycles. The number of thioether (sulfide) groups is 1. The van der Waals surface area contributed by atoms with Crippen molar-refractivity contribution in [2.24, 2.45) is 0 Å². The molecule has 0 bridgehead atoms. The lowest BCUT2D eigenvalue weighted by Crippen LogP contribution is -2.31. The summed E-state index contributed by atoms with van der Waals surface area (Å²) in [7, 11) is 0. The molecule has 0 spiro atoms. The zero-order valence-corrected chi connectivity index (χ0v) is 14.1. The van der Waals surface area contributed by atoms with E-state index in [2.05, 4.69) is 20.6 Å². The largest absolute Gasteiger partial charge is 0.353 e. The minimum atomic E-state index is -0.455. The average Bonchev–Trinajstić information content (AvgIpc) is 3.07. The first kappa shape index (κ1) is 16.8. The van der Waals surface area contributed by atoms with Crippen LogP contribution in [0.1, 0.15) is 20.8 Å². The van der Waals surface area contributed by atoms with Gasteiger partial charge in [0.25, 0.3) is 5.91 Å². The molecule has 3 aromatic rings. The zero-order chi connectivity index (χ0) is 17.8. The Hall–Kier alpha value is -3.01. The Bertz CT molecular complexity index is 982. The van der Waals surface area contributed by atoms with Crippen molar-refractivity contribution in [1.29, 1.82) is 0 Å². The summed E-state index contributed by atoms with van der Waals surface area (Å²) in [4.78, 5) is 40.4. The predicted octanol–water partition coefficient (Wildman–Crippen LogP) is 0.219. The van der Waals surface area contributed by atoms with Gasteiger partial charge in [0.15, 0.2) is 11.3 Å². The predicted molar refractivity (Wildman–Crippen MR) is 91.7 cm³/mol. The first-order valence-electron chi connectivity index (χ1n) is 7.28. The van der Waals surface area contributed by atoms with E-state index in [0.29, 0.717) is 11.4 Å². The Morgan fingerprint density at radius 2 is 2.00 bits per heavy atom. The summed E-state index contributed by atoms with van der Waals surface area (Å²) < 4.78 is 2.33. The van der Waals surface area contributed by atoms with Crippen molar-refractivity contribution in [2.75, 3.05) is 12.8 Å². The molecule has 0 aliphatic carbocycles. The molecule has 0 fully saturated rings. The number of fused-ring (bicyclic) bond motifs is 1. The van der Waals surface area contributed by atoms with E-state index in [-0.39, 0.29) is 23.8 Å². The van der Waals surface area contributed by atoms with Crippen molar-refractivity contribution in [3.63, 3.8) is 0 Å². The van der Waals surface area contributed by atoms with Crippen molar-refractivity contribution < 1.29 is 9.59 Å². The number of rotatable bonds is 6. The van der Waals surface area contributed by atoms with Gasteiger partial charge in [0.05, 0.1) is 12.4 Å². The number of hydrogen-bond acceptors (Lipinski definition) is 7. The van der Waals surface area contributed by atoms with Crippen LogP contribution in [-0.4, -0.2) is 48.9 Å². The molecule has 0 saturated carbocycles. The first-order chi connectivity index (χ1) is 12.1. The maximum atomic E-state index is 12.3. The van der Waals surface area contributed by atoms with Crippen LogP contribution in [0.25, 0.3) is 5.65 Å². The quantitative estimate of drug-likeness (QED) is 0.627. The van der Waals surface area contributed by atoms with Crippen molar-refractivity contribution in [3.05, 3.63) is 58.4 Å². The average molecular weight is 358 g/mol. The second-order valence-corrected chi connectivity index (χ2v) is 5.88. The second kappa shape index (κ2) is 7.26. The van der Waals surface area contributed by atoms with Gasteiger partial charge in [0.2, 0.25) is 5.78 Å². The zero-order valence-electron chi connectivity index (χ0n) is 13.2. The van der Waals surface area contributed by atoms with Crippen molar-refractivity contribution in [1.82, 2.24) is 29.7 Å². The molecule has 0 aliphatic rings. The van der Waals surface area contributed by atoms with E-state index < -0.39 is 11.5 Å². The van der Waals surface area contributed by atoms with E-state index in [0.717, 1.165) is 4.40 Å². The highest BCUT2D eigenvalue weighted by molar-refractivity contribution is 7.97. The Kier molecular flexibility index (Phi) is 4.89. The number of aromatic nitrogens is 5. The first-order valence-corrected chi connectivity index (χ1v) is 8.67. The van der Waals surface area contributed by atoms with E-state index in [1.807, 2.05) is 6.26 Å². The molecular formula is C15H14N6O3S. The van der Waals surface area contributed by atoms with Crippen molar-refractivity contribution >= 4 is 29.1 Å². The van der Waals surface area contributed by atoms with Crippen LogP contribution in [0.15, 0.2) is 41.5 Å². The standard InChI is InChI=1S/C15H14N6O3S/c1-25-9-21-15(24)20-8-17-12(13(20)18-19-21)11(22)7-16-14(23)10-5-3-2-4-6-10/h2-6,8H,7,9H2,1H3,(H,16,23). The molecule has 2 heterocycles. The number of nitrogens with zero attached hydrogens (tertiary/aromatic N) is 5. The fourth-order valence-electron chi connectivity index (χ4n) is 2.17. The van der Waals surface area contributed by atoms with Gasteiger partial charge in [-0.05, 0) is 18.4 Å². The fraction of sp³-hybridized carbons (Fsp3) is 0.200. The van der Waals surface area contributed by atoms with Gasteiger partial charge in [-0.15, -0.1) is 16.9 Å². The molecule has 0 radical (unpaired) electrons. The third-order valence-electron chi connectivity index (χ3n) is 3.38. The molecule has 128 valence electrons. The van der Waals surface area contributed by atoms with Crippen LogP contribution >= 0.6 is 11.8 Å². The molecule has 10 heteroatoms. The molecule has 0 atom stereocenters. The number of nitrogens with one attached hydrogen (secondary N) is 1. The number of amides is 1. The molecule has 3 rings (SSSR count). The van der Waals surface area contributed by atoms with E-state index in [9.17, 15) is 14.4 Å². The summed E-state index contributed by atoms with van der Waals surface area (Å²) in [6.07, 6.45) is 3.06. The molecular weight excluding hydrogens is 344 g/mol. The smallest absolute Gasteiger partial charge is 0.345 e. The van der Waals surface area contributed by atoms with Crippen molar-refractivity contribution in [3.8, 4) is 0 Å². The summed E-state index contributed by atoms with van der Waals surface area (Å²) in [6.45, 7) is -0.254. The summed E-state index contributed by atoms with van der Waals surface area (Å²) in [5, 5.41) is 10.2. The summed E-state index contributed by atoms with van der Waals surface area (Å²) in [5.74, 6) is -0.481. The highest BCUT2D eigenvalue weighted by Gasteiger charge is 2.18. The van der Waals surface area contributed by atoms with Gasteiger partial charge in [-0.3, -0.25) is 9.59 Å². The summed E-state index contributed by atoms with van der Waals surface area (Å²) >= 11 is 1.41. The Labute approximate surface area is 146 Å². The molecule has 0 unspecified atom stereocenters. The van der Waals surface area contributed by atoms with Gasteiger partial charge in [0, 0.05) is 5.56 Å². The van der Waals surface area contributed by atoms with E-state index in [4.69, 9.17) is 0 Å². The van der Waals surface area contributed by atoms with Gasteiger partial charge in [-0.25, -0.2) is 14.2 Å². The highest BCUT2D eigenvalue weighted by atomic mass is 32.2. The monoisotopic (exact) mass is 358 g/mol. The van der Waals surface area contributed by atoms with Crippen LogP contribution in [0.2, 0.25) is 0 Å². The van der Waals surface area contributed by atoms with E-state index in [1.165, 1.54) is 22.8 Å². The lowest BCUT2D eigenvalue weighted by atomic mass is 10.2. The maximum Gasteiger partial charge on any atom is 0.353 e. The van der Waals surface area contributed by atoms with Gasteiger partial charge in [0.1, 0.15) is 6.33 Å². The van der Waals surface area contributed by atoms with Crippen LogP contribution in [0.4, 0.5) is 0 Å². The van der Waals surface area contributed by atoms with Gasteiger partial charge >= 0.3 is 5.69 Å².